The molecule has 22 heavy (non-hydrogen) atoms. The third kappa shape index (κ3) is 4.14. The fourth-order valence-corrected chi connectivity index (χ4v) is 2.65. The van der Waals surface area contributed by atoms with Crippen molar-refractivity contribution in [3.63, 3.8) is 0 Å². The highest BCUT2D eigenvalue weighted by molar-refractivity contribution is 6.42. The Morgan fingerprint density at radius 2 is 1.91 bits per heavy atom. The smallest absolute Gasteiger partial charge is 0.410 e. The number of hydrogen-bond donors (Lipinski definition) is 0. The molecule has 0 aliphatic carbocycles. The van der Waals surface area contributed by atoms with Gasteiger partial charge in [-0.3, -0.25) is 4.79 Å². The summed E-state index contributed by atoms with van der Waals surface area (Å²) in [4.78, 5) is 26.1. The number of hydrogen-bond acceptors (Lipinski definition) is 3. The molecule has 0 radical (unpaired) electrons. The zero-order chi connectivity index (χ0) is 16.5. The first-order chi connectivity index (χ1) is 10.2. The molecule has 0 N–H and O–H groups in total. The number of likely N-dealkylation sites (tertiary alicyclic amines) is 1. The van der Waals surface area contributed by atoms with Gasteiger partial charge in [-0.2, -0.15) is 0 Å². The van der Waals surface area contributed by atoms with Crippen LogP contribution in [0, 0.1) is 5.92 Å². The van der Waals surface area contributed by atoms with E-state index in [1.807, 2.05) is 20.8 Å². The third-order valence-corrected chi connectivity index (χ3v) is 4.15. The van der Waals surface area contributed by atoms with Crippen molar-refractivity contribution in [2.75, 3.05) is 13.1 Å². The van der Waals surface area contributed by atoms with E-state index in [9.17, 15) is 9.59 Å². The average molecular weight is 344 g/mol. The Kier molecular flexibility index (Phi) is 5.03. The molecule has 0 saturated carbocycles. The lowest BCUT2D eigenvalue weighted by Gasteiger charge is -2.24. The van der Waals surface area contributed by atoms with Gasteiger partial charge >= 0.3 is 6.09 Å². The summed E-state index contributed by atoms with van der Waals surface area (Å²) in [5.41, 5.74) is -0.0199. The van der Waals surface area contributed by atoms with E-state index in [0.717, 1.165) is 0 Å². The number of ketones is 1. The van der Waals surface area contributed by atoms with Crippen molar-refractivity contribution in [2.45, 2.75) is 32.8 Å². The number of rotatable bonds is 2. The van der Waals surface area contributed by atoms with Gasteiger partial charge in [0.1, 0.15) is 5.60 Å². The van der Waals surface area contributed by atoms with Gasteiger partial charge in [-0.15, -0.1) is 0 Å². The molecule has 1 heterocycles. The lowest BCUT2D eigenvalue weighted by molar-refractivity contribution is 0.0289. The average Bonchev–Trinajstić information content (AvgIpc) is 2.89. The molecule has 1 aromatic carbocycles. The standard InChI is InChI=1S/C16H19Cl2NO3/c1-16(2,3)22-15(21)19-7-6-11(9-19)14(20)10-4-5-12(17)13(18)8-10/h4-5,8,11H,6-7,9H2,1-3H3. The Morgan fingerprint density at radius 1 is 1.23 bits per heavy atom. The minimum absolute atomic E-state index is 0.0235. The lowest BCUT2D eigenvalue weighted by atomic mass is 9.97. The molecule has 2 rings (SSSR count). The second-order valence-corrected chi connectivity index (χ2v) is 7.22. The summed E-state index contributed by atoms with van der Waals surface area (Å²) in [7, 11) is 0. The summed E-state index contributed by atoms with van der Waals surface area (Å²) >= 11 is 11.8. The van der Waals surface area contributed by atoms with Gasteiger partial charge in [-0.25, -0.2) is 4.79 Å². The summed E-state index contributed by atoms with van der Waals surface area (Å²) in [6.45, 7) is 6.35. The molecule has 1 aliphatic rings. The van der Waals surface area contributed by atoms with Gasteiger partial charge in [-0.05, 0) is 45.4 Å². The predicted octanol–water partition coefficient (Wildman–Crippen LogP) is 4.43. The van der Waals surface area contributed by atoms with E-state index >= 15 is 0 Å². The van der Waals surface area contributed by atoms with Crippen molar-refractivity contribution >= 4 is 35.1 Å². The van der Waals surface area contributed by atoms with Crippen molar-refractivity contribution in [3.05, 3.63) is 33.8 Å². The molecule has 1 amide bonds. The van der Waals surface area contributed by atoms with Crippen molar-refractivity contribution in [1.29, 1.82) is 0 Å². The lowest BCUT2D eigenvalue weighted by Crippen LogP contribution is -2.35. The van der Waals surface area contributed by atoms with Gasteiger partial charge in [0, 0.05) is 24.6 Å². The zero-order valence-corrected chi connectivity index (χ0v) is 14.4. The van der Waals surface area contributed by atoms with Crippen molar-refractivity contribution < 1.29 is 14.3 Å². The molecule has 1 saturated heterocycles. The van der Waals surface area contributed by atoms with E-state index in [-0.39, 0.29) is 17.8 Å². The van der Waals surface area contributed by atoms with Gasteiger partial charge in [0.25, 0.3) is 0 Å². The normalized spacial score (nSPS) is 18.4. The van der Waals surface area contributed by atoms with Crippen LogP contribution in [0.3, 0.4) is 0 Å². The molecule has 1 fully saturated rings. The first kappa shape index (κ1) is 17.1. The van der Waals surface area contributed by atoms with E-state index in [1.54, 1.807) is 23.1 Å². The monoisotopic (exact) mass is 343 g/mol. The van der Waals surface area contributed by atoms with E-state index in [1.165, 1.54) is 0 Å². The number of carbonyl (C=O) groups is 2. The maximum Gasteiger partial charge on any atom is 0.410 e. The molecular weight excluding hydrogens is 325 g/mol. The van der Waals surface area contributed by atoms with Crippen LogP contribution in [0.2, 0.25) is 10.0 Å². The summed E-state index contributed by atoms with van der Waals surface area (Å²) < 4.78 is 5.33. The number of halogens is 2. The number of Topliss-reactive ketones (excluding diaryl/α,β-unsaturated/α-hetero) is 1. The number of benzene rings is 1. The number of ether oxygens (including phenoxy) is 1. The van der Waals surface area contributed by atoms with E-state index in [4.69, 9.17) is 27.9 Å². The van der Waals surface area contributed by atoms with Crippen molar-refractivity contribution in [1.82, 2.24) is 4.90 Å². The maximum atomic E-state index is 12.5. The van der Waals surface area contributed by atoms with Crippen LogP contribution in [0.5, 0.6) is 0 Å². The first-order valence-electron chi connectivity index (χ1n) is 7.14. The second kappa shape index (κ2) is 6.47. The van der Waals surface area contributed by atoms with Gasteiger partial charge in [0.05, 0.1) is 10.0 Å². The molecule has 1 atom stereocenters. The summed E-state index contributed by atoms with van der Waals surface area (Å²) in [5.74, 6) is -0.255. The highest BCUT2D eigenvalue weighted by atomic mass is 35.5. The number of carbonyl (C=O) groups excluding carboxylic acids is 2. The van der Waals surface area contributed by atoms with Crippen LogP contribution in [-0.2, 0) is 4.74 Å². The molecule has 6 heteroatoms. The van der Waals surface area contributed by atoms with Gasteiger partial charge in [-0.1, -0.05) is 23.2 Å². The van der Waals surface area contributed by atoms with Gasteiger partial charge < -0.3 is 9.64 Å². The molecular formula is C16H19Cl2NO3. The fraction of sp³-hybridized carbons (Fsp3) is 0.500. The van der Waals surface area contributed by atoms with Crippen LogP contribution in [0.15, 0.2) is 18.2 Å². The summed E-state index contributed by atoms with van der Waals surface area (Å²) in [6.07, 6.45) is 0.246. The molecule has 1 aromatic rings. The predicted molar refractivity (Wildman–Crippen MR) is 86.7 cm³/mol. The largest absolute Gasteiger partial charge is 0.444 e. The Bertz CT molecular complexity index is 596. The molecule has 0 bridgehead atoms. The van der Waals surface area contributed by atoms with Crippen LogP contribution in [0.25, 0.3) is 0 Å². The van der Waals surface area contributed by atoms with Crippen LogP contribution in [0.1, 0.15) is 37.6 Å². The highest BCUT2D eigenvalue weighted by Gasteiger charge is 2.33. The van der Waals surface area contributed by atoms with E-state index < -0.39 is 5.60 Å². The molecule has 1 unspecified atom stereocenters. The van der Waals surface area contributed by atoms with Crippen molar-refractivity contribution in [3.8, 4) is 0 Å². The van der Waals surface area contributed by atoms with Crippen LogP contribution >= 0.6 is 23.2 Å². The van der Waals surface area contributed by atoms with Crippen molar-refractivity contribution in [2.24, 2.45) is 5.92 Å². The maximum absolute atomic E-state index is 12.5. The van der Waals surface area contributed by atoms with Gasteiger partial charge in [0.2, 0.25) is 0 Å². The Morgan fingerprint density at radius 3 is 2.50 bits per heavy atom. The van der Waals surface area contributed by atoms with Gasteiger partial charge in [0.15, 0.2) is 5.78 Å². The first-order valence-corrected chi connectivity index (χ1v) is 7.90. The Balaban J connectivity index is 2.02. The number of nitrogens with zero attached hydrogens (tertiary/aromatic N) is 1. The van der Waals surface area contributed by atoms with Crippen LogP contribution in [-0.4, -0.2) is 35.5 Å². The highest BCUT2D eigenvalue weighted by Crippen LogP contribution is 2.27. The summed E-state index contributed by atoms with van der Waals surface area (Å²) in [6, 6.07) is 4.84. The van der Waals surface area contributed by atoms with Crippen LogP contribution in [0.4, 0.5) is 4.79 Å². The molecule has 0 aromatic heterocycles. The molecule has 4 nitrogen and oxygen atoms in total. The minimum Gasteiger partial charge on any atom is -0.444 e. The van der Waals surface area contributed by atoms with Crippen LogP contribution < -0.4 is 0 Å². The second-order valence-electron chi connectivity index (χ2n) is 6.41. The fourth-order valence-electron chi connectivity index (χ4n) is 2.35. The zero-order valence-electron chi connectivity index (χ0n) is 12.9. The topological polar surface area (TPSA) is 46.6 Å². The number of amides is 1. The SMILES string of the molecule is CC(C)(C)OC(=O)N1CCC(C(=O)c2ccc(Cl)c(Cl)c2)C1. The Labute approximate surface area is 140 Å². The minimum atomic E-state index is -0.539. The van der Waals surface area contributed by atoms with E-state index in [0.29, 0.717) is 35.1 Å². The molecule has 1 aliphatic heterocycles. The quantitative estimate of drug-likeness (QED) is 0.746. The Hall–Kier alpha value is -1.26. The third-order valence-electron chi connectivity index (χ3n) is 3.41. The molecule has 120 valence electrons. The van der Waals surface area contributed by atoms with E-state index in [2.05, 4.69) is 0 Å². The summed E-state index contributed by atoms with van der Waals surface area (Å²) in [5, 5.41) is 0.773. The molecule has 0 spiro atoms.